The summed E-state index contributed by atoms with van der Waals surface area (Å²) in [6.07, 6.45) is 0. The van der Waals surface area contributed by atoms with Crippen molar-refractivity contribution in [3.63, 3.8) is 0 Å². The van der Waals surface area contributed by atoms with Gasteiger partial charge >= 0.3 is 18.1 Å². The van der Waals surface area contributed by atoms with E-state index in [0.29, 0.717) is 36.7 Å². The van der Waals surface area contributed by atoms with E-state index in [4.69, 9.17) is 0 Å². The van der Waals surface area contributed by atoms with E-state index in [9.17, 15) is 14.4 Å². The molecule has 314 valence electrons. The normalized spacial score (nSPS) is 12.4. The van der Waals surface area contributed by atoms with Gasteiger partial charge in [0.05, 0.1) is 18.1 Å². The van der Waals surface area contributed by atoms with Crippen molar-refractivity contribution < 1.29 is 14.4 Å². The Labute approximate surface area is 360 Å². The number of hydrogen-bond donors (Lipinski definition) is 6. The molecule has 6 aromatic rings. The van der Waals surface area contributed by atoms with Gasteiger partial charge in [0, 0.05) is 36.7 Å². The minimum Gasteiger partial charge on any atom is -0.331 e. The first-order valence-electron chi connectivity index (χ1n) is 20.8. The number of nitrogens with one attached hydrogen (secondary N) is 6. The van der Waals surface area contributed by atoms with E-state index < -0.39 is 0 Å². The quantitative estimate of drug-likeness (QED) is 0.0617. The highest BCUT2D eigenvalue weighted by Gasteiger charge is 2.20. The van der Waals surface area contributed by atoms with E-state index in [0.717, 1.165) is 50.1 Å². The minimum absolute atomic E-state index is 0.202. The number of benzene rings is 6. The molecule has 0 unspecified atom stereocenters. The molecule has 6 rings (SSSR count). The second-order valence-corrected chi connectivity index (χ2v) is 15.8. The maximum atomic E-state index is 13.5. The first-order chi connectivity index (χ1) is 29.4. The molecule has 0 aliphatic rings. The average Bonchev–Trinajstić information content (AvgIpc) is 3.24. The summed E-state index contributed by atoms with van der Waals surface area (Å²) in [5.41, 5.74) is 10.9. The van der Waals surface area contributed by atoms with Crippen LogP contribution in [0, 0.1) is 20.8 Å². The van der Waals surface area contributed by atoms with Crippen LogP contribution >= 0.6 is 0 Å². The first-order valence-corrected chi connectivity index (χ1v) is 20.8. The Hall–Kier alpha value is -6.91. The van der Waals surface area contributed by atoms with Crippen molar-refractivity contribution in [2.75, 3.05) is 16.0 Å². The summed E-state index contributed by atoms with van der Waals surface area (Å²) in [6, 6.07) is 46.0. The second kappa shape index (κ2) is 20.9. The molecule has 6 amide bonds. The molecule has 6 N–H and O–H groups in total. The van der Waals surface area contributed by atoms with E-state index in [1.165, 1.54) is 0 Å². The third kappa shape index (κ3) is 12.8. The van der Waals surface area contributed by atoms with Crippen LogP contribution in [0.2, 0.25) is 0 Å². The molecule has 0 bridgehead atoms. The summed E-state index contributed by atoms with van der Waals surface area (Å²) in [7, 11) is 0. The summed E-state index contributed by atoms with van der Waals surface area (Å²) in [6.45, 7) is 13.3. The fraction of sp³-hybridized carbons (Fsp3) is 0.235. The highest BCUT2D eigenvalue weighted by Crippen LogP contribution is 2.28. The third-order valence-electron chi connectivity index (χ3n) is 10.7. The van der Waals surface area contributed by atoms with Gasteiger partial charge in [0.15, 0.2) is 0 Å². The minimum atomic E-state index is -0.310. The van der Waals surface area contributed by atoms with Crippen LogP contribution in [0.5, 0.6) is 0 Å². The largest absolute Gasteiger partial charge is 0.331 e. The Balaban J connectivity index is 1.29. The lowest BCUT2D eigenvalue weighted by Gasteiger charge is -2.27. The van der Waals surface area contributed by atoms with E-state index in [-0.39, 0.29) is 36.2 Å². The molecule has 0 spiro atoms. The number of rotatable bonds is 15. The van der Waals surface area contributed by atoms with Gasteiger partial charge in [-0.25, -0.2) is 14.4 Å². The second-order valence-electron chi connectivity index (χ2n) is 15.8. The van der Waals surface area contributed by atoms with Crippen LogP contribution in [0.4, 0.5) is 31.4 Å². The number of amides is 6. The van der Waals surface area contributed by atoms with Crippen LogP contribution in [0.25, 0.3) is 0 Å². The predicted molar refractivity (Wildman–Crippen MR) is 248 cm³/mol. The average molecular weight is 816 g/mol. The molecule has 0 fully saturated rings. The van der Waals surface area contributed by atoms with Gasteiger partial charge in [-0.3, -0.25) is 4.90 Å². The molecule has 0 radical (unpaired) electrons. The number of anilines is 3. The summed E-state index contributed by atoms with van der Waals surface area (Å²) < 4.78 is 0. The SMILES string of the molecule is Cc1ccc(NC(=O)N[C@@H](C)c2ccccc2)c(CN(Cc2cc(C)ccc2NC(=O)N[C@@H](C)c2ccccc2)Cc2cc(C)ccc2NC(=O)N[C@@H](C)c2ccccc2)c1. The van der Waals surface area contributed by atoms with Crippen molar-refractivity contribution in [2.45, 2.75) is 79.3 Å². The predicted octanol–water partition coefficient (Wildman–Crippen LogP) is 11.5. The molecule has 0 saturated carbocycles. The van der Waals surface area contributed by atoms with E-state index in [1.807, 2.05) is 169 Å². The zero-order chi connectivity index (χ0) is 43.3. The van der Waals surface area contributed by atoms with Gasteiger partial charge in [0.2, 0.25) is 0 Å². The maximum absolute atomic E-state index is 13.5. The fourth-order valence-corrected chi connectivity index (χ4v) is 7.36. The van der Waals surface area contributed by atoms with Crippen molar-refractivity contribution in [1.82, 2.24) is 20.9 Å². The smallest absolute Gasteiger partial charge is 0.319 e. The third-order valence-corrected chi connectivity index (χ3v) is 10.7. The van der Waals surface area contributed by atoms with Gasteiger partial charge in [0.25, 0.3) is 0 Å². The van der Waals surface area contributed by atoms with Crippen molar-refractivity contribution in [2.24, 2.45) is 0 Å². The van der Waals surface area contributed by atoms with E-state index in [1.54, 1.807) is 0 Å². The molecule has 0 aromatic heterocycles. The van der Waals surface area contributed by atoms with Gasteiger partial charge in [-0.05, 0) is 93.1 Å². The molecule has 6 aromatic carbocycles. The Morgan fingerprint density at radius 1 is 0.410 bits per heavy atom. The molecule has 10 nitrogen and oxygen atoms in total. The molecule has 0 heterocycles. The summed E-state index contributed by atoms with van der Waals surface area (Å²) in [4.78, 5) is 42.7. The summed E-state index contributed by atoms with van der Waals surface area (Å²) in [5, 5.41) is 18.6. The van der Waals surface area contributed by atoms with Crippen LogP contribution < -0.4 is 31.9 Å². The van der Waals surface area contributed by atoms with Crippen LogP contribution in [-0.4, -0.2) is 23.0 Å². The Morgan fingerprint density at radius 3 is 0.934 bits per heavy atom. The number of aryl methyl sites for hydroxylation is 3. The summed E-state index contributed by atoms with van der Waals surface area (Å²) >= 11 is 0. The molecule has 61 heavy (non-hydrogen) atoms. The lowest BCUT2D eigenvalue weighted by molar-refractivity contribution is 0.245. The van der Waals surface area contributed by atoms with Crippen molar-refractivity contribution in [1.29, 1.82) is 0 Å². The zero-order valence-corrected chi connectivity index (χ0v) is 35.9. The van der Waals surface area contributed by atoms with Crippen molar-refractivity contribution in [3.8, 4) is 0 Å². The highest BCUT2D eigenvalue weighted by atomic mass is 16.2. The Kier molecular flexibility index (Phi) is 14.9. The standard InChI is InChI=1S/C51H57N7O3/c1-34-22-25-46(55-49(59)52-37(4)40-16-10-7-11-17-40)43(28-34)31-58(32-44-29-35(2)23-26-47(44)56-50(60)53-38(5)41-18-12-8-13-19-41)33-45-30-36(3)24-27-48(45)57-51(61)54-39(6)42-20-14-9-15-21-42/h7-30,37-39H,31-33H2,1-6H3,(H2,52,55,59)(H2,53,56,60)(H2,54,57,61)/t37-,38-,39-/m0/s1. The van der Waals surface area contributed by atoms with Gasteiger partial charge in [-0.1, -0.05) is 144 Å². The number of nitrogens with zero attached hydrogens (tertiary/aromatic N) is 1. The van der Waals surface area contributed by atoms with Gasteiger partial charge in [-0.2, -0.15) is 0 Å². The van der Waals surface area contributed by atoms with Crippen LogP contribution in [0.1, 0.15) is 89.0 Å². The van der Waals surface area contributed by atoms with Crippen LogP contribution in [0.15, 0.2) is 146 Å². The lowest BCUT2D eigenvalue weighted by Crippen LogP contribution is -2.33. The number of hydrogen-bond acceptors (Lipinski definition) is 4. The molecule has 0 saturated heterocycles. The Bertz CT molecular complexity index is 2140. The van der Waals surface area contributed by atoms with E-state index in [2.05, 4.69) is 55.0 Å². The molecule has 10 heteroatoms. The number of urea groups is 3. The molecular formula is C51H57N7O3. The monoisotopic (exact) mass is 815 g/mol. The van der Waals surface area contributed by atoms with E-state index >= 15 is 0 Å². The molecule has 0 aliphatic carbocycles. The first kappa shape index (κ1) is 43.7. The van der Waals surface area contributed by atoms with Crippen LogP contribution in [0.3, 0.4) is 0 Å². The van der Waals surface area contributed by atoms with Gasteiger partial charge in [0.1, 0.15) is 0 Å². The molecular weight excluding hydrogens is 759 g/mol. The summed E-state index contributed by atoms with van der Waals surface area (Å²) in [5.74, 6) is 0. The molecule has 3 atom stereocenters. The Morgan fingerprint density at radius 2 is 0.672 bits per heavy atom. The van der Waals surface area contributed by atoms with Gasteiger partial charge < -0.3 is 31.9 Å². The van der Waals surface area contributed by atoms with Crippen molar-refractivity contribution in [3.05, 3.63) is 196 Å². The van der Waals surface area contributed by atoms with Crippen molar-refractivity contribution >= 4 is 35.2 Å². The molecule has 0 aliphatic heterocycles. The zero-order valence-electron chi connectivity index (χ0n) is 35.9. The number of carbonyl (C=O) groups is 3. The topological polar surface area (TPSA) is 127 Å². The van der Waals surface area contributed by atoms with Crippen LogP contribution in [-0.2, 0) is 19.6 Å². The lowest BCUT2D eigenvalue weighted by atomic mass is 10.0. The van der Waals surface area contributed by atoms with Gasteiger partial charge in [-0.15, -0.1) is 0 Å². The number of carbonyl (C=O) groups excluding carboxylic acids is 3. The fourth-order valence-electron chi connectivity index (χ4n) is 7.36. The maximum Gasteiger partial charge on any atom is 0.319 e. The highest BCUT2D eigenvalue weighted by molar-refractivity contribution is 5.92.